The normalized spacial score (nSPS) is 10.2. The van der Waals surface area contributed by atoms with E-state index in [0.29, 0.717) is 0 Å². The van der Waals surface area contributed by atoms with Gasteiger partial charge in [0.05, 0.1) is 5.69 Å². The highest BCUT2D eigenvalue weighted by Crippen LogP contribution is 2.28. The maximum atomic E-state index is 5.90. The first-order chi connectivity index (χ1) is 9.90. The van der Waals surface area contributed by atoms with Crippen molar-refractivity contribution in [2.45, 2.75) is 12.8 Å². The summed E-state index contributed by atoms with van der Waals surface area (Å²) in [7, 11) is 1.73. The number of methoxy groups -OCH3 is 1. The van der Waals surface area contributed by atoms with Gasteiger partial charge in [-0.1, -0.05) is 30.3 Å². The number of hydrogen-bond donors (Lipinski definition) is 1. The van der Waals surface area contributed by atoms with E-state index in [1.807, 2.05) is 54.6 Å². The van der Waals surface area contributed by atoms with Crippen LogP contribution in [0.15, 0.2) is 54.6 Å². The lowest BCUT2D eigenvalue weighted by atomic mass is 10.2. The summed E-state index contributed by atoms with van der Waals surface area (Å²) in [6.07, 6.45) is 2.14. The van der Waals surface area contributed by atoms with Gasteiger partial charge in [0.2, 0.25) is 0 Å². The highest BCUT2D eigenvalue weighted by atomic mass is 16.5. The Balaban J connectivity index is 1.92. The molecule has 0 heterocycles. The Morgan fingerprint density at radius 2 is 1.65 bits per heavy atom. The molecule has 0 aromatic heterocycles. The van der Waals surface area contributed by atoms with Gasteiger partial charge in [0.25, 0.3) is 0 Å². The molecule has 3 nitrogen and oxygen atoms in total. The molecule has 2 aromatic rings. The first kappa shape index (κ1) is 14.4. The van der Waals surface area contributed by atoms with Crippen LogP contribution in [-0.4, -0.2) is 20.3 Å². The topological polar surface area (TPSA) is 30.5 Å². The molecule has 0 aliphatic heterocycles. The summed E-state index contributed by atoms with van der Waals surface area (Å²) in [4.78, 5) is 0. The highest BCUT2D eigenvalue weighted by Gasteiger charge is 2.03. The van der Waals surface area contributed by atoms with E-state index < -0.39 is 0 Å². The van der Waals surface area contributed by atoms with Crippen LogP contribution >= 0.6 is 0 Å². The average Bonchev–Trinajstić information content (AvgIpc) is 2.50. The van der Waals surface area contributed by atoms with Crippen molar-refractivity contribution < 1.29 is 9.47 Å². The quantitative estimate of drug-likeness (QED) is 0.725. The molecule has 0 bridgehead atoms. The van der Waals surface area contributed by atoms with Crippen LogP contribution in [0.25, 0.3) is 0 Å². The van der Waals surface area contributed by atoms with Crippen molar-refractivity contribution in [3.05, 3.63) is 54.6 Å². The van der Waals surface area contributed by atoms with Gasteiger partial charge < -0.3 is 14.8 Å². The van der Waals surface area contributed by atoms with Crippen molar-refractivity contribution in [3.8, 4) is 11.5 Å². The first-order valence-corrected chi connectivity index (χ1v) is 6.95. The molecule has 3 heteroatoms. The zero-order chi connectivity index (χ0) is 14.0. The minimum absolute atomic E-state index is 0.809. The number of hydrogen-bond acceptors (Lipinski definition) is 3. The molecule has 0 spiro atoms. The molecular weight excluding hydrogens is 250 g/mol. The van der Waals surface area contributed by atoms with Crippen LogP contribution in [0.5, 0.6) is 11.5 Å². The van der Waals surface area contributed by atoms with Crippen LogP contribution in [0.4, 0.5) is 5.69 Å². The van der Waals surface area contributed by atoms with Gasteiger partial charge in [0, 0.05) is 20.3 Å². The van der Waals surface area contributed by atoms with Gasteiger partial charge in [-0.2, -0.15) is 0 Å². The third-order valence-electron chi connectivity index (χ3n) is 2.95. The Kier molecular flexibility index (Phi) is 5.93. The molecule has 0 aliphatic rings. The van der Waals surface area contributed by atoms with Gasteiger partial charge in [-0.3, -0.25) is 0 Å². The number of rotatable bonds is 8. The molecule has 2 aromatic carbocycles. The van der Waals surface area contributed by atoms with Gasteiger partial charge in [-0.05, 0) is 37.1 Å². The van der Waals surface area contributed by atoms with Crippen LogP contribution in [0.2, 0.25) is 0 Å². The van der Waals surface area contributed by atoms with E-state index in [9.17, 15) is 0 Å². The number of ether oxygens (including phenoxy) is 2. The van der Waals surface area contributed by atoms with E-state index in [4.69, 9.17) is 9.47 Å². The summed E-state index contributed by atoms with van der Waals surface area (Å²) in [5, 5.41) is 3.41. The van der Waals surface area contributed by atoms with E-state index >= 15 is 0 Å². The summed E-state index contributed by atoms with van der Waals surface area (Å²) in [5.74, 6) is 1.70. The lowest BCUT2D eigenvalue weighted by Crippen LogP contribution is -2.04. The summed E-state index contributed by atoms with van der Waals surface area (Å²) >= 11 is 0. The monoisotopic (exact) mass is 271 g/mol. The fourth-order valence-electron chi connectivity index (χ4n) is 1.91. The lowest BCUT2D eigenvalue weighted by molar-refractivity contribution is 0.194. The van der Waals surface area contributed by atoms with Gasteiger partial charge >= 0.3 is 0 Å². The van der Waals surface area contributed by atoms with E-state index in [-0.39, 0.29) is 0 Å². The number of benzene rings is 2. The highest BCUT2D eigenvalue weighted by molar-refractivity contribution is 5.57. The molecule has 0 saturated carbocycles. The molecule has 20 heavy (non-hydrogen) atoms. The standard InChI is InChI=1S/C17H21NO2/c1-19-14-8-7-13-18-16-11-5-6-12-17(16)20-15-9-3-2-4-10-15/h2-6,9-12,18H,7-8,13-14H2,1H3. The van der Waals surface area contributed by atoms with Gasteiger partial charge in [0.15, 0.2) is 5.75 Å². The Labute approximate surface area is 120 Å². The molecule has 0 atom stereocenters. The lowest BCUT2D eigenvalue weighted by Gasteiger charge is -2.12. The predicted molar refractivity (Wildman–Crippen MR) is 82.6 cm³/mol. The maximum absolute atomic E-state index is 5.90. The minimum Gasteiger partial charge on any atom is -0.455 e. The largest absolute Gasteiger partial charge is 0.455 e. The number of unbranched alkanes of at least 4 members (excludes halogenated alkanes) is 1. The second-order valence-electron chi connectivity index (χ2n) is 4.54. The number of anilines is 1. The third kappa shape index (κ3) is 4.59. The molecule has 1 N–H and O–H groups in total. The average molecular weight is 271 g/mol. The second-order valence-corrected chi connectivity index (χ2v) is 4.54. The van der Waals surface area contributed by atoms with Crippen molar-refractivity contribution in [3.63, 3.8) is 0 Å². The number of nitrogens with one attached hydrogen (secondary N) is 1. The molecule has 0 aliphatic carbocycles. The van der Waals surface area contributed by atoms with Gasteiger partial charge in [-0.25, -0.2) is 0 Å². The molecular formula is C17H21NO2. The summed E-state index contributed by atoms with van der Waals surface area (Å²) in [5.41, 5.74) is 1.02. The van der Waals surface area contributed by atoms with Crippen LogP contribution in [-0.2, 0) is 4.74 Å². The zero-order valence-electron chi connectivity index (χ0n) is 11.8. The molecule has 0 unspecified atom stereocenters. The summed E-state index contributed by atoms with van der Waals surface area (Å²) < 4.78 is 10.9. The zero-order valence-corrected chi connectivity index (χ0v) is 11.8. The molecule has 0 amide bonds. The number of para-hydroxylation sites is 3. The molecule has 106 valence electrons. The Hall–Kier alpha value is -2.00. The van der Waals surface area contributed by atoms with Crippen molar-refractivity contribution >= 4 is 5.69 Å². The first-order valence-electron chi connectivity index (χ1n) is 6.95. The summed E-state index contributed by atoms with van der Waals surface area (Å²) in [6.45, 7) is 1.72. The molecule has 0 radical (unpaired) electrons. The van der Waals surface area contributed by atoms with Crippen LogP contribution < -0.4 is 10.1 Å². The molecule has 0 saturated heterocycles. The predicted octanol–water partition coefficient (Wildman–Crippen LogP) is 4.32. The Morgan fingerprint density at radius 1 is 0.900 bits per heavy atom. The Morgan fingerprint density at radius 3 is 2.45 bits per heavy atom. The molecule has 0 fully saturated rings. The summed E-state index contributed by atoms with van der Waals surface area (Å²) in [6, 6.07) is 17.8. The fraction of sp³-hybridized carbons (Fsp3) is 0.294. The van der Waals surface area contributed by atoms with E-state index in [1.165, 1.54) is 0 Å². The molecule has 2 rings (SSSR count). The Bertz CT molecular complexity index is 499. The fourth-order valence-corrected chi connectivity index (χ4v) is 1.91. The maximum Gasteiger partial charge on any atom is 0.150 e. The van der Waals surface area contributed by atoms with Gasteiger partial charge in [0.1, 0.15) is 5.75 Å². The van der Waals surface area contributed by atoms with Crippen LogP contribution in [0.3, 0.4) is 0 Å². The SMILES string of the molecule is COCCCCNc1ccccc1Oc1ccccc1. The van der Waals surface area contributed by atoms with E-state index in [0.717, 1.165) is 43.2 Å². The van der Waals surface area contributed by atoms with Crippen molar-refractivity contribution in [1.82, 2.24) is 0 Å². The smallest absolute Gasteiger partial charge is 0.150 e. The minimum atomic E-state index is 0.809. The third-order valence-corrected chi connectivity index (χ3v) is 2.95. The van der Waals surface area contributed by atoms with E-state index in [2.05, 4.69) is 5.32 Å². The van der Waals surface area contributed by atoms with E-state index in [1.54, 1.807) is 7.11 Å². The van der Waals surface area contributed by atoms with Gasteiger partial charge in [-0.15, -0.1) is 0 Å². The van der Waals surface area contributed by atoms with Crippen LogP contribution in [0, 0.1) is 0 Å². The second kappa shape index (κ2) is 8.23. The van der Waals surface area contributed by atoms with Crippen molar-refractivity contribution in [2.75, 3.05) is 25.6 Å². The van der Waals surface area contributed by atoms with Crippen molar-refractivity contribution in [2.24, 2.45) is 0 Å². The van der Waals surface area contributed by atoms with Crippen molar-refractivity contribution in [1.29, 1.82) is 0 Å². The van der Waals surface area contributed by atoms with Crippen LogP contribution in [0.1, 0.15) is 12.8 Å².